The molecule has 1 aromatic carbocycles. The van der Waals surface area contributed by atoms with Crippen molar-refractivity contribution in [3.8, 4) is 11.5 Å². The maximum atomic E-state index is 12.4. The quantitative estimate of drug-likeness (QED) is 0.504. The van der Waals surface area contributed by atoms with E-state index in [1.165, 1.54) is 0 Å². The number of aryl methyl sites for hydroxylation is 1. The Morgan fingerprint density at radius 2 is 1.97 bits per heavy atom. The number of carbonyl (C=O) groups is 1. The average Bonchev–Trinajstić information content (AvgIpc) is 3.39. The van der Waals surface area contributed by atoms with Crippen molar-refractivity contribution in [2.75, 3.05) is 19.0 Å². The van der Waals surface area contributed by atoms with Crippen LogP contribution in [-0.2, 0) is 13.0 Å². The first-order valence-corrected chi connectivity index (χ1v) is 9.77. The van der Waals surface area contributed by atoms with E-state index in [9.17, 15) is 4.79 Å². The Kier molecular flexibility index (Phi) is 5.42. The third-order valence-electron chi connectivity index (χ3n) is 4.72. The van der Waals surface area contributed by atoms with Gasteiger partial charge in [0.15, 0.2) is 17.3 Å². The van der Waals surface area contributed by atoms with Gasteiger partial charge in [0, 0.05) is 43.5 Å². The van der Waals surface area contributed by atoms with Gasteiger partial charge in [0.2, 0.25) is 0 Å². The van der Waals surface area contributed by atoms with Gasteiger partial charge in [-0.1, -0.05) is 12.1 Å². The van der Waals surface area contributed by atoms with E-state index < -0.39 is 0 Å². The van der Waals surface area contributed by atoms with Gasteiger partial charge in [0.1, 0.15) is 0 Å². The standard InChI is InChI=1S/C21H23N7O2/c1-4-5-17-23-21(30-26-17)15-10-11-28-18(12-15)24-25-19(28)13-22-20(29)14-6-8-16(9-7-14)27(2)3/h6-12H,4-5,13H2,1-3H3,(H,22,29). The fourth-order valence-corrected chi connectivity index (χ4v) is 3.06. The molecule has 0 aliphatic rings. The van der Waals surface area contributed by atoms with Crippen molar-refractivity contribution in [1.82, 2.24) is 30.1 Å². The Morgan fingerprint density at radius 1 is 1.17 bits per heavy atom. The van der Waals surface area contributed by atoms with Crippen LogP contribution in [0.15, 0.2) is 47.1 Å². The van der Waals surface area contributed by atoms with E-state index in [0.29, 0.717) is 28.8 Å². The molecular formula is C21H23N7O2. The summed E-state index contributed by atoms with van der Waals surface area (Å²) >= 11 is 0. The van der Waals surface area contributed by atoms with E-state index in [2.05, 4.69) is 32.6 Å². The molecule has 0 aliphatic heterocycles. The lowest BCUT2D eigenvalue weighted by atomic mass is 10.2. The van der Waals surface area contributed by atoms with Crippen LogP contribution >= 0.6 is 0 Å². The molecule has 0 fully saturated rings. The van der Waals surface area contributed by atoms with Crippen LogP contribution in [0.3, 0.4) is 0 Å². The highest BCUT2D eigenvalue weighted by atomic mass is 16.5. The molecule has 0 unspecified atom stereocenters. The van der Waals surface area contributed by atoms with Crippen LogP contribution < -0.4 is 10.2 Å². The van der Waals surface area contributed by atoms with Gasteiger partial charge < -0.3 is 14.7 Å². The second kappa shape index (κ2) is 8.32. The van der Waals surface area contributed by atoms with E-state index in [0.717, 1.165) is 24.1 Å². The maximum Gasteiger partial charge on any atom is 0.258 e. The van der Waals surface area contributed by atoms with Crippen LogP contribution in [0.2, 0.25) is 0 Å². The molecular weight excluding hydrogens is 382 g/mol. The number of hydrogen-bond donors (Lipinski definition) is 1. The number of nitrogens with zero attached hydrogens (tertiary/aromatic N) is 6. The molecule has 1 amide bonds. The zero-order valence-corrected chi connectivity index (χ0v) is 17.2. The molecule has 0 saturated heterocycles. The van der Waals surface area contributed by atoms with Crippen molar-refractivity contribution in [1.29, 1.82) is 0 Å². The van der Waals surface area contributed by atoms with E-state index in [4.69, 9.17) is 4.52 Å². The first kappa shape index (κ1) is 19.6. The molecule has 4 aromatic rings. The second-order valence-corrected chi connectivity index (χ2v) is 7.15. The van der Waals surface area contributed by atoms with Crippen LogP contribution in [0.5, 0.6) is 0 Å². The SMILES string of the molecule is CCCc1noc(-c2ccn3c(CNC(=O)c4ccc(N(C)C)cc4)nnc3c2)n1. The number of carbonyl (C=O) groups excluding carboxylic acids is 1. The number of anilines is 1. The van der Waals surface area contributed by atoms with Gasteiger partial charge in [-0.15, -0.1) is 10.2 Å². The van der Waals surface area contributed by atoms with Gasteiger partial charge in [-0.05, 0) is 42.8 Å². The predicted octanol–water partition coefficient (Wildman–Crippen LogP) is 2.73. The Hall–Kier alpha value is -3.75. The first-order chi connectivity index (χ1) is 14.5. The van der Waals surface area contributed by atoms with Crippen LogP contribution in [0.4, 0.5) is 5.69 Å². The Bertz CT molecular complexity index is 1160. The number of fused-ring (bicyclic) bond motifs is 1. The van der Waals surface area contributed by atoms with E-state index in [1.54, 1.807) is 12.1 Å². The molecule has 30 heavy (non-hydrogen) atoms. The molecule has 3 heterocycles. The van der Waals surface area contributed by atoms with Gasteiger partial charge in [0.05, 0.1) is 6.54 Å². The zero-order chi connectivity index (χ0) is 21.1. The van der Waals surface area contributed by atoms with Crippen LogP contribution in [0.1, 0.15) is 35.4 Å². The lowest BCUT2D eigenvalue weighted by Gasteiger charge is -2.12. The largest absolute Gasteiger partial charge is 0.378 e. The molecule has 1 N–H and O–H groups in total. The third kappa shape index (κ3) is 4.00. The molecule has 9 heteroatoms. The molecule has 3 aromatic heterocycles. The highest BCUT2D eigenvalue weighted by Gasteiger charge is 2.13. The van der Waals surface area contributed by atoms with Gasteiger partial charge in [-0.2, -0.15) is 4.98 Å². The number of pyridine rings is 1. The van der Waals surface area contributed by atoms with E-state index in [1.807, 2.05) is 53.9 Å². The highest BCUT2D eigenvalue weighted by Crippen LogP contribution is 2.19. The zero-order valence-electron chi connectivity index (χ0n) is 17.2. The molecule has 0 spiro atoms. The first-order valence-electron chi connectivity index (χ1n) is 9.77. The summed E-state index contributed by atoms with van der Waals surface area (Å²) in [4.78, 5) is 18.8. The minimum absolute atomic E-state index is 0.164. The summed E-state index contributed by atoms with van der Waals surface area (Å²) < 4.78 is 7.15. The molecule has 9 nitrogen and oxygen atoms in total. The number of hydrogen-bond acceptors (Lipinski definition) is 7. The smallest absolute Gasteiger partial charge is 0.258 e. The van der Waals surface area contributed by atoms with Crippen LogP contribution in [0, 0.1) is 0 Å². The van der Waals surface area contributed by atoms with Crippen molar-refractivity contribution in [2.45, 2.75) is 26.3 Å². The average molecular weight is 405 g/mol. The normalized spacial score (nSPS) is 11.0. The molecule has 0 atom stereocenters. The lowest BCUT2D eigenvalue weighted by Crippen LogP contribution is -2.24. The summed E-state index contributed by atoms with van der Waals surface area (Å²) in [6.07, 6.45) is 3.57. The van der Waals surface area contributed by atoms with Crippen LogP contribution in [0.25, 0.3) is 17.1 Å². The Balaban J connectivity index is 1.46. The summed E-state index contributed by atoms with van der Waals surface area (Å²) in [5, 5.41) is 15.3. The fraction of sp³-hybridized carbons (Fsp3) is 0.286. The third-order valence-corrected chi connectivity index (χ3v) is 4.72. The van der Waals surface area contributed by atoms with Crippen molar-refractivity contribution in [3.63, 3.8) is 0 Å². The predicted molar refractivity (Wildman–Crippen MR) is 112 cm³/mol. The molecule has 0 radical (unpaired) electrons. The lowest BCUT2D eigenvalue weighted by molar-refractivity contribution is 0.0950. The van der Waals surface area contributed by atoms with Crippen molar-refractivity contribution in [2.24, 2.45) is 0 Å². The monoisotopic (exact) mass is 405 g/mol. The summed E-state index contributed by atoms with van der Waals surface area (Å²) in [5.41, 5.74) is 3.05. The van der Waals surface area contributed by atoms with Crippen molar-refractivity contribution >= 4 is 17.2 Å². The summed E-state index contributed by atoms with van der Waals surface area (Å²) in [7, 11) is 3.92. The Labute approximate surface area is 173 Å². The molecule has 0 aliphatic carbocycles. The number of aromatic nitrogens is 5. The number of amides is 1. The fourth-order valence-electron chi connectivity index (χ4n) is 3.06. The van der Waals surface area contributed by atoms with Crippen molar-refractivity contribution in [3.05, 3.63) is 59.8 Å². The number of nitrogens with one attached hydrogen (secondary N) is 1. The topological polar surface area (TPSA) is 101 Å². The van der Waals surface area contributed by atoms with Gasteiger partial charge >= 0.3 is 0 Å². The van der Waals surface area contributed by atoms with Gasteiger partial charge in [-0.3, -0.25) is 9.20 Å². The summed E-state index contributed by atoms with van der Waals surface area (Å²) in [6, 6.07) is 11.1. The maximum absolute atomic E-state index is 12.4. The van der Waals surface area contributed by atoms with E-state index in [-0.39, 0.29) is 12.5 Å². The number of benzene rings is 1. The minimum Gasteiger partial charge on any atom is -0.378 e. The minimum atomic E-state index is -0.164. The molecule has 154 valence electrons. The van der Waals surface area contributed by atoms with Gasteiger partial charge in [-0.25, -0.2) is 0 Å². The van der Waals surface area contributed by atoms with Crippen LogP contribution in [-0.4, -0.2) is 44.7 Å². The summed E-state index contributed by atoms with van der Waals surface area (Å²) in [6.45, 7) is 2.33. The highest BCUT2D eigenvalue weighted by molar-refractivity contribution is 5.94. The van der Waals surface area contributed by atoms with E-state index >= 15 is 0 Å². The number of rotatable bonds is 7. The molecule has 0 bridgehead atoms. The second-order valence-electron chi connectivity index (χ2n) is 7.15. The van der Waals surface area contributed by atoms with Gasteiger partial charge in [0.25, 0.3) is 11.8 Å². The molecule has 4 rings (SSSR count). The molecule has 0 saturated carbocycles. The van der Waals surface area contributed by atoms with Crippen molar-refractivity contribution < 1.29 is 9.32 Å². The summed E-state index contributed by atoms with van der Waals surface area (Å²) in [5.74, 6) is 1.62. The Morgan fingerprint density at radius 3 is 2.70 bits per heavy atom.